The highest BCUT2D eigenvalue weighted by atomic mass is 32.2. The van der Waals surface area contributed by atoms with Crippen molar-refractivity contribution in [1.82, 2.24) is 0 Å². The number of hydrogen-bond acceptors (Lipinski definition) is 3. The van der Waals surface area contributed by atoms with E-state index in [4.69, 9.17) is 5.14 Å². The van der Waals surface area contributed by atoms with Crippen LogP contribution in [-0.2, 0) is 10.0 Å². The van der Waals surface area contributed by atoms with E-state index in [0.717, 1.165) is 5.69 Å². The van der Waals surface area contributed by atoms with Crippen LogP contribution in [0.2, 0.25) is 0 Å². The first-order valence-electron chi connectivity index (χ1n) is 4.18. The fraction of sp³-hybridized carbons (Fsp3) is 0.333. The van der Waals surface area contributed by atoms with Crippen molar-refractivity contribution in [3.05, 3.63) is 23.3 Å². The number of hydrogen-bond donors (Lipinski definition) is 2. The Labute approximate surface area is 84.2 Å². The molecule has 0 atom stereocenters. The molecule has 0 heterocycles. The zero-order valence-corrected chi connectivity index (χ0v) is 9.27. The van der Waals surface area contributed by atoms with Crippen LogP contribution < -0.4 is 10.5 Å². The van der Waals surface area contributed by atoms with Crippen LogP contribution in [0.4, 0.5) is 5.69 Å². The highest BCUT2D eigenvalue weighted by molar-refractivity contribution is 7.89. The fourth-order valence-corrected chi connectivity index (χ4v) is 2.56. The highest BCUT2D eigenvalue weighted by Gasteiger charge is 2.15. The van der Waals surface area contributed by atoms with Gasteiger partial charge in [0.15, 0.2) is 0 Å². The van der Waals surface area contributed by atoms with E-state index >= 15 is 0 Å². The third-order valence-electron chi connectivity index (χ3n) is 2.03. The molecule has 0 spiro atoms. The van der Waals surface area contributed by atoms with E-state index in [2.05, 4.69) is 5.32 Å². The molecule has 0 fully saturated rings. The first kappa shape index (κ1) is 11.0. The molecule has 0 aliphatic carbocycles. The SMILES string of the molecule is CNc1cc(C)c(S(N)(=O)=O)c(C)c1. The molecule has 1 aromatic carbocycles. The largest absolute Gasteiger partial charge is 0.388 e. The van der Waals surface area contributed by atoms with Crippen LogP contribution in [0.25, 0.3) is 0 Å². The molecule has 1 aromatic rings. The third-order valence-corrected chi connectivity index (χ3v) is 3.25. The third kappa shape index (κ3) is 2.05. The Morgan fingerprint density at radius 3 is 1.93 bits per heavy atom. The molecule has 1 rings (SSSR count). The van der Waals surface area contributed by atoms with Gasteiger partial charge in [0.2, 0.25) is 10.0 Å². The molecule has 0 amide bonds. The van der Waals surface area contributed by atoms with Crippen LogP contribution in [0, 0.1) is 13.8 Å². The minimum absolute atomic E-state index is 0.219. The van der Waals surface area contributed by atoms with E-state index in [-0.39, 0.29) is 4.90 Å². The lowest BCUT2D eigenvalue weighted by Gasteiger charge is -2.10. The summed E-state index contributed by atoms with van der Waals surface area (Å²) in [5.41, 5.74) is 2.21. The van der Waals surface area contributed by atoms with Gasteiger partial charge in [-0.1, -0.05) is 0 Å². The lowest BCUT2D eigenvalue weighted by molar-refractivity contribution is 0.596. The van der Waals surface area contributed by atoms with Gasteiger partial charge < -0.3 is 5.32 Å². The van der Waals surface area contributed by atoms with Crippen LogP contribution in [0.5, 0.6) is 0 Å². The summed E-state index contributed by atoms with van der Waals surface area (Å²) in [7, 11) is -1.83. The van der Waals surface area contributed by atoms with Crippen molar-refractivity contribution in [3.8, 4) is 0 Å². The molecular formula is C9H14N2O2S. The number of nitrogens with two attached hydrogens (primary N) is 1. The number of benzene rings is 1. The molecule has 0 aliphatic heterocycles. The summed E-state index contributed by atoms with van der Waals surface area (Å²) in [6.07, 6.45) is 0. The monoisotopic (exact) mass is 214 g/mol. The summed E-state index contributed by atoms with van der Waals surface area (Å²) in [6.45, 7) is 3.46. The molecule has 5 heteroatoms. The van der Waals surface area contributed by atoms with Crippen molar-refractivity contribution >= 4 is 15.7 Å². The number of rotatable bonds is 2. The van der Waals surface area contributed by atoms with Crippen LogP contribution in [-0.4, -0.2) is 15.5 Å². The van der Waals surface area contributed by atoms with Gasteiger partial charge in [-0.2, -0.15) is 0 Å². The van der Waals surface area contributed by atoms with Crippen molar-refractivity contribution in [2.24, 2.45) is 5.14 Å². The van der Waals surface area contributed by atoms with E-state index in [1.165, 1.54) is 0 Å². The Balaban J connectivity index is 3.48. The summed E-state index contributed by atoms with van der Waals surface area (Å²) in [5.74, 6) is 0. The van der Waals surface area contributed by atoms with Crippen LogP contribution in [0.1, 0.15) is 11.1 Å². The molecule has 78 valence electrons. The Morgan fingerprint density at radius 1 is 1.21 bits per heavy atom. The number of nitrogens with one attached hydrogen (secondary N) is 1. The molecule has 4 nitrogen and oxygen atoms in total. The van der Waals surface area contributed by atoms with E-state index in [9.17, 15) is 8.42 Å². The first-order chi connectivity index (χ1) is 6.36. The van der Waals surface area contributed by atoms with Gasteiger partial charge in [-0.05, 0) is 37.1 Å². The van der Waals surface area contributed by atoms with Crippen molar-refractivity contribution in [3.63, 3.8) is 0 Å². The van der Waals surface area contributed by atoms with Crippen molar-refractivity contribution in [2.75, 3.05) is 12.4 Å². The number of sulfonamides is 1. The van der Waals surface area contributed by atoms with Gasteiger partial charge in [0.1, 0.15) is 0 Å². The smallest absolute Gasteiger partial charge is 0.238 e. The lowest BCUT2D eigenvalue weighted by Crippen LogP contribution is -2.15. The van der Waals surface area contributed by atoms with Crippen LogP contribution in [0.15, 0.2) is 17.0 Å². The van der Waals surface area contributed by atoms with E-state index in [1.54, 1.807) is 33.0 Å². The Hall–Kier alpha value is -1.07. The molecule has 0 bridgehead atoms. The van der Waals surface area contributed by atoms with Crippen molar-refractivity contribution in [1.29, 1.82) is 0 Å². The van der Waals surface area contributed by atoms with E-state index in [1.807, 2.05) is 0 Å². The minimum atomic E-state index is -3.62. The number of primary sulfonamides is 1. The number of anilines is 1. The Kier molecular flexibility index (Phi) is 2.82. The van der Waals surface area contributed by atoms with Gasteiger partial charge >= 0.3 is 0 Å². The van der Waals surface area contributed by atoms with Gasteiger partial charge in [-0.3, -0.25) is 0 Å². The standard InChI is InChI=1S/C9H14N2O2S/c1-6-4-8(11-3)5-7(2)9(6)14(10,12)13/h4-5,11H,1-3H3,(H2,10,12,13). The average molecular weight is 214 g/mol. The summed E-state index contributed by atoms with van der Waals surface area (Å²) < 4.78 is 22.5. The van der Waals surface area contributed by atoms with Crippen LogP contribution >= 0.6 is 0 Å². The van der Waals surface area contributed by atoms with Gasteiger partial charge in [0.25, 0.3) is 0 Å². The summed E-state index contributed by atoms with van der Waals surface area (Å²) in [4.78, 5) is 0.219. The summed E-state index contributed by atoms with van der Waals surface area (Å²) in [6, 6.07) is 3.51. The maximum atomic E-state index is 11.2. The molecule has 14 heavy (non-hydrogen) atoms. The zero-order valence-electron chi connectivity index (χ0n) is 8.46. The predicted molar refractivity (Wildman–Crippen MR) is 56.8 cm³/mol. The molecular weight excluding hydrogens is 200 g/mol. The van der Waals surface area contributed by atoms with E-state index in [0.29, 0.717) is 11.1 Å². The summed E-state index contributed by atoms with van der Waals surface area (Å²) >= 11 is 0. The quantitative estimate of drug-likeness (QED) is 0.771. The highest BCUT2D eigenvalue weighted by Crippen LogP contribution is 2.22. The predicted octanol–water partition coefficient (Wildman–Crippen LogP) is 0.993. The number of aryl methyl sites for hydroxylation is 2. The second-order valence-corrected chi connectivity index (χ2v) is 4.73. The molecule has 0 aromatic heterocycles. The molecule has 0 unspecified atom stereocenters. The lowest BCUT2D eigenvalue weighted by atomic mass is 10.1. The second-order valence-electron chi connectivity index (χ2n) is 3.23. The Bertz CT molecular complexity index is 429. The maximum Gasteiger partial charge on any atom is 0.238 e. The van der Waals surface area contributed by atoms with Crippen molar-refractivity contribution in [2.45, 2.75) is 18.7 Å². The normalized spacial score (nSPS) is 11.4. The maximum absolute atomic E-state index is 11.2. The molecule has 3 N–H and O–H groups in total. The van der Waals surface area contributed by atoms with Gasteiger partial charge in [0, 0.05) is 12.7 Å². The molecule has 0 aliphatic rings. The fourth-order valence-electron chi connectivity index (χ4n) is 1.54. The van der Waals surface area contributed by atoms with Gasteiger partial charge in [-0.25, -0.2) is 13.6 Å². The minimum Gasteiger partial charge on any atom is -0.388 e. The van der Waals surface area contributed by atoms with Crippen molar-refractivity contribution < 1.29 is 8.42 Å². The van der Waals surface area contributed by atoms with E-state index < -0.39 is 10.0 Å². The topological polar surface area (TPSA) is 72.2 Å². The Morgan fingerprint density at radius 2 is 1.64 bits per heavy atom. The molecule has 0 saturated carbocycles. The van der Waals surface area contributed by atoms with Crippen LogP contribution in [0.3, 0.4) is 0 Å². The molecule has 0 saturated heterocycles. The molecule has 0 radical (unpaired) electrons. The first-order valence-corrected chi connectivity index (χ1v) is 5.72. The average Bonchev–Trinajstić information content (AvgIpc) is 1.99. The second kappa shape index (κ2) is 3.59. The summed E-state index contributed by atoms with van der Waals surface area (Å²) in [5, 5.41) is 8.05. The van der Waals surface area contributed by atoms with Gasteiger partial charge in [-0.15, -0.1) is 0 Å². The van der Waals surface area contributed by atoms with Gasteiger partial charge in [0.05, 0.1) is 4.90 Å². The zero-order chi connectivity index (χ0) is 10.9.